The lowest BCUT2D eigenvalue weighted by Gasteiger charge is -2.29. The normalized spacial score (nSPS) is 18.0. The van der Waals surface area contributed by atoms with Gasteiger partial charge >= 0.3 is 5.97 Å². The van der Waals surface area contributed by atoms with Crippen molar-refractivity contribution in [2.45, 2.75) is 45.6 Å². The molecule has 0 aromatic heterocycles. The summed E-state index contributed by atoms with van der Waals surface area (Å²) in [4.78, 5) is 27.5. The highest BCUT2D eigenvalue weighted by Gasteiger charge is 2.25. The maximum Gasteiger partial charge on any atom is 0.320 e. The van der Waals surface area contributed by atoms with Crippen molar-refractivity contribution < 1.29 is 14.3 Å². The molecule has 1 aliphatic heterocycles. The Bertz CT molecular complexity index is 299. The number of carbonyl (C=O) groups is 2. The van der Waals surface area contributed by atoms with E-state index in [-0.39, 0.29) is 24.5 Å². The third-order valence-electron chi connectivity index (χ3n) is 3.62. The van der Waals surface area contributed by atoms with Gasteiger partial charge in [-0.3, -0.25) is 14.5 Å². The summed E-state index contributed by atoms with van der Waals surface area (Å²) in [5.41, 5.74) is 0. The van der Waals surface area contributed by atoms with Crippen LogP contribution in [0.15, 0.2) is 0 Å². The van der Waals surface area contributed by atoms with Crippen LogP contribution in [0.4, 0.5) is 0 Å². The van der Waals surface area contributed by atoms with Crippen LogP contribution < -0.4 is 0 Å². The minimum atomic E-state index is -0.277. The number of likely N-dealkylation sites (N-methyl/N-ethyl adjacent to an activating group) is 1. The quantitative estimate of drug-likeness (QED) is 0.706. The molecule has 0 aromatic rings. The van der Waals surface area contributed by atoms with E-state index in [0.717, 1.165) is 25.9 Å². The molecule has 0 radical (unpaired) electrons. The summed E-state index contributed by atoms with van der Waals surface area (Å²) in [6, 6.07) is -0.275. The van der Waals surface area contributed by atoms with Gasteiger partial charge in [-0.05, 0) is 33.7 Å². The molecule has 5 nitrogen and oxygen atoms in total. The van der Waals surface area contributed by atoms with Gasteiger partial charge in [0.25, 0.3) is 0 Å². The second kappa shape index (κ2) is 8.15. The number of hydrogen-bond acceptors (Lipinski definition) is 4. The lowest BCUT2D eigenvalue weighted by atomic mass is 10.2. The Balaban J connectivity index is 2.47. The predicted octanol–water partition coefficient (Wildman–Crippen LogP) is 1.27. The molecule has 0 aliphatic carbocycles. The molecule has 0 spiro atoms. The molecular weight excluding hydrogens is 244 g/mol. The number of amides is 1. The van der Waals surface area contributed by atoms with Crippen molar-refractivity contribution in [3.05, 3.63) is 0 Å². The topological polar surface area (TPSA) is 49.9 Å². The summed E-state index contributed by atoms with van der Waals surface area (Å²) < 4.78 is 4.90. The molecule has 1 rings (SSSR count). The van der Waals surface area contributed by atoms with Gasteiger partial charge in [-0.1, -0.05) is 12.8 Å². The smallest absolute Gasteiger partial charge is 0.320 e. The fourth-order valence-corrected chi connectivity index (χ4v) is 2.29. The molecule has 110 valence electrons. The Morgan fingerprint density at radius 2 is 1.79 bits per heavy atom. The highest BCUT2D eigenvalue weighted by molar-refractivity contribution is 5.82. The minimum Gasteiger partial charge on any atom is -0.465 e. The Morgan fingerprint density at radius 1 is 1.21 bits per heavy atom. The summed E-state index contributed by atoms with van der Waals surface area (Å²) in [6.45, 7) is 5.86. The number of carbonyl (C=O) groups excluding carboxylic acids is 2. The number of likely N-dealkylation sites (tertiary alicyclic amines) is 1. The van der Waals surface area contributed by atoms with Gasteiger partial charge in [0.2, 0.25) is 5.91 Å². The molecular formula is C14H26N2O3. The standard InChI is InChI=1S/C14H26N2O3/c1-4-19-13(17)11-15(3)12(2)14(18)16-9-7-5-6-8-10-16/h12H,4-11H2,1-3H3/t12-/m1/s1. The monoisotopic (exact) mass is 270 g/mol. The molecule has 19 heavy (non-hydrogen) atoms. The van der Waals surface area contributed by atoms with Gasteiger partial charge < -0.3 is 9.64 Å². The lowest BCUT2D eigenvalue weighted by molar-refractivity contribution is -0.146. The lowest BCUT2D eigenvalue weighted by Crippen LogP contribution is -2.47. The summed E-state index contributed by atoms with van der Waals surface area (Å²) in [6.07, 6.45) is 4.58. The molecule has 0 unspecified atom stereocenters. The van der Waals surface area contributed by atoms with Crippen LogP contribution in [0.3, 0.4) is 0 Å². The van der Waals surface area contributed by atoms with E-state index < -0.39 is 0 Å². The maximum absolute atomic E-state index is 12.4. The third-order valence-corrected chi connectivity index (χ3v) is 3.62. The number of esters is 1. The zero-order chi connectivity index (χ0) is 14.3. The summed E-state index contributed by atoms with van der Waals surface area (Å²) in [5.74, 6) is -0.158. The van der Waals surface area contributed by atoms with Crippen molar-refractivity contribution in [3.8, 4) is 0 Å². The van der Waals surface area contributed by atoms with E-state index in [2.05, 4.69) is 0 Å². The van der Waals surface area contributed by atoms with E-state index in [0.29, 0.717) is 6.61 Å². The van der Waals surface area contributed by atoms with Crippen LogP contribution in [0, 0.1) is 0 Å². The summed E-state index contributed by atoms with van der Waals surface area (Å²) in [7, 11) is 1.79. The van der Waals surface area contributed by atoms with Crippen LogP contribution in [0.2, 0.25) is 0 Å². The molecule has 0 aromatic carbocycles. The number of rotatable bonds is 5. The Kier molecular flexibility index (Phi) is 6.84. The number of ether oxygens (including phenoxy) is 1. The predicted molar refractivity (Wildman–Crippen MR) is 73.8 cm³/mol. The van der Waals surface area contributed by atoms with Crippen molar-refractivity contribution >= 4 is 11.9 Å². The highest BCUT2D eigenvalue weighted by atomic mass is 16.5. The van der Waals surface area contributed by atoms with Gasteiger partial charge in [0.15, 0.2) is 0 Å². The first kappa shape index (κ1) is 16.0. The zero-order valence-corrected chi connectivity index (χ0v) is 12.4. The fourth-order valence-electron chi connectivity index (χ4n) is 2.29. The molecule has 0 N–H and O–H groups in total. The number of hydrogen-bond donors (Lipinski definition) is 0. The molecule has 5 heteroatoms. The van der Waals surface area contributed by atoms with E-state index in [1.165, 1.54) is 12.8 Å². The van der Waals surface area contributed by atoms with E-state index >= 15 is 0 Å². The SMILES string of the molecule is CCOC(=O)CN(C)[C@H](C)C(=O)N1CCCCCC1. The second-order valence-electron chi connectivity index (χ2n) is 5.14. The average Bonchev–Trinajstić information content (AvgIpc) is 2.66. The van der Waals surface area contributed by atoms with Gasteiger partial charge in [-0.2, -0.15) is 0 Å². The molecule has 0 bridgehead atoms. The Morgan fingerprint density at radius 3 is 2.32 bits per heavy atom. The fraction of sp³-hybridized carbons (Fsp3) is 0.857. The van der Waals surface area contributed by atoms with Gasteiger partial charge in [0, 0.05) is 13.1 Å². The first-order chi connectivity index (χ1) is 9.06. The van der Waals surface area contributed by atoms with Crippen molar-refractivity contribution in [1.29, 1.82) is 0 Å². The highest BCUT2D eigenvalue weighted by Crippen LogP contribution is 2.12. The van der Waals surface area contributed by atoms with Crippen molar-refractivity contribution in [1.82, 2.24) is 9.80 Å². The van der Waals surface area contributed by atoms with Gasteiger partial charge in [-0.25, -0.2) is 0 Å². The summed E-state index contributed by atoms with van der Waals surface area (Å²) in [5, 5.41) is 0. The molecule has 1 fully saturated rings. The van der Waals surface area contributed by atoms with Crippen LogP contribution >= 0.6 is 0 Å². The molecule has 1 saturated heterocycles. The Hall–Kier alpha value is -1.10. The van der Waals surface area contributed by atoms with E-state index in [4.69, 9.17) is 4.74 Å². The molecule has 0 saturated carbocycles. The summed E-state index contributed by atoms with van der Waals surface area (Å²) >= 11 is 0. The van der Waals surface area contributed by atoms with Crippen LogP contribution in [-0.4, -0.2) is 61.0 Å². The molecule has 1 heterocycles. The van der Waals surface area contributed by atoms with Crippen molar-refractivity contribution in [2.75, 3.05) is 33.3 Å². The van der Waals surface area contributed by atoms with E-state index in [9.17, 15) is 9.59 Å². The molecule has 1 aliphatic rings. The average molecular weight is 270 g/mol. The van der Waals surface area contributed by atoms with Crippen LogP contribution in [0.5, 0.6) is 0 Å². The van der Waals surface area contributed by atoms with Gasteiger partial charge in [-0.15, -0.1) is 0 Å². The van der Waals surface area contributed by atoms with Crippen molar-refractivity contribution in [2.24, 2.45) is 0 Å². The molecule has 1 amide bonds. The third kappa shape index (κ3) is 5.19. The zero-order valence-electron chi connectivity index (χ0n) is 12.4. The van der Waals surface area contributed by atoms with E-state index in [1.54, 1.807) is 18.9 Å². The van der Waals surface area contributed by atoms with Crippen LogP contribution in [0.25, 0.3) is 0 Å². The van der Waals surface area contributed by atoms with Crippen LogP contribution in [0.1, 0.15) is 39.5 Å². The van der Waals surface area contributed by atoms with E-state index in [1.807, 2.05) is 11.8 Å². The van der Waals surface area contributed by atoms with Gasteiger partial charge in [0.05, 0.1) is 19.2 Å². The van der Waals surface area contributed by atoms with Crippen LogP contribution in [-0.2, 0) is 14.3 Å². The number of nitrogens with zero attached hydrogens (tertiary/aromatic N) is 2. The molecule has 1 atom stereocenters. The first-order valence-electron chi connectivity index (χ1n) is 7.21. The Labute approximate surface area is 115 Å². The largest absolute Gasteiger partial charge is 0.465 e. The van der Waals surface area contributed by atoms with Crippen molar-refractivity contribution in [3.63, 3.8) is 0 Å². The first-order valence-corrected chi connectivity index (χ1v) is 7.21. The second-order valence-corrected chi connectivity index (χ2v) is 5.14. The minimum absolute atomic E-state index is 0.119. The van der Waals surface area contributed by atoms with Gasteiger partial charge in [0.1, 0.15) is 0 Å². The maximum atomic E-state index is 12.4.